The molecule has 22 heavy (non-hydrogen) atoms. The van der Waals surface area contributed by atoms with Crippen LogP contribution in [0, 0.1) is 0 Å². The SMILES string of the molecule is C=C(C)COc1cccc(CN(C)Cc2noc(CC)n2)c1. The first kappa shape index (κ1) is 16.2. The van der Waals surface area contributed by atoms with Crippen molar-refractivity contribution in [3.63, 3.8) is 0 Å². The summed E-state index contributed by atoms with van der Waals surface area (Å²) in [6, 6.07) is 8.09. The van der Waals surface area contributed by atoms with Crippen LogP contribution in [0.1, 0.15) is 31.1 Å². The van der Waals surface area contributed by atoms with Crippen LogP contribution in [0.4, 0.5) is 0 Å². The zero-order chi connectivity index (χ0) is 15.9. The monoisotopic (exact) mass is 301 g/mol. The van der Waals surface area contributed by atoms with Gasteiger partial charge in [-0.05, 0) is 37.2 Å². The number of hydrogen-bond acceptors (Lipinski definition) is 5. The van der Waals surface area contributed by atoms with Crippen molar-refractivity contribution in [1.29, 1.82) is 0 Å². The Kier molecular flexibility index (Phi) is 5.72. The van der Waals surface area contributed by atoms with E-state index in [1.807, 2.05) is 39.1 Å². The first-order chi connectivity index (χ1) is 10.6. The molecule has 1 heterocycles. The van der Waals surface area contributed by atoms with E-state index in [1.165, 1.54) is 5.56 Å². The van der Waals surface area contributed by atoms with Crippen molar-refractivity contribution >= 4 is 0 Å². The quantitative estimate of drug-likeness (QED) is 0.701. The van der Waals surface area contributed by atoms with Crippen LogP contribution < -0.4 is 4.74 Å². The van der Waals surface area contributed by atoms with Crippen molar-refractivity contribution in [2.45, 2.75) is 33.4 Å². The molecule has 0 aliphatic carbocycles. The molecule has 0 saturated carbocycles. The fourth-order valence-corrected chi connectivity index (χ4v) is 2.05. The molecule has 0 radical (unpaired) electrons. The van der Waals surface area contributed by atoms with Crippen LogP contribution in [0.5, 0.6) is 5.75 Å². The number of rotatable bonds is 8. The summed E-state index contributed by atoms with van der Waals surface area (Å²) in [6.07, 6.45) is 0.763. The van der Waals surface area contributed by atoms with Gasteiger partial charge in [0, 0.05) is 13.0 Å². The summed E-state index contributed by atoms with van der Waals surface area (Å²) in [7, 11) is 2.03. The normalized spacial score (nSPS) is 10.9. The average Bonchev–Trinajstić information content (AvgIpc) is 2.93. The minimum absolute atomic E-state index is 0.544. The lowest BCUT2D eigenvalue weighted by atomic mass is 10.2. The van der Waals surface area contributed by atoms with Crippen LogP contribution in [0.25, 0.3) is 0 Å². The minimum atomic E-state index is 0.544. The molecule has 5 heteroatoms. The van der Waals surface area contributed by atoms with Crippen LogP contribution in [-0.4, -0.2) is 28.7 Å². The molecule has 0 aliphatic rings. The highest BCUT2D eigenvalue weighted by atomic mass is 16.5. The summed E-state index contributed by atoms with van der Waals surface area (Å²) >= 11 is 0. The van der Waals surface area contributed by atoms with Gasteiger partial charge >= 0.3 is 0 Å². The molecule has 0 amide bonds. The molecule has 5 nitrogen and oxygen atoms in total. The lowest BCUT2D eigenvalue weighted by Gasteiger charge is -2.15. The van der Waals surface area contributed by atoms with Crippen molar-refractivity contribution in [2.24, 2.45) is 0 Å². The van der Waals surface area contributed by atoms with Crippen molar-refractivity contribution in [1.82, 2.24) is 15.0 Å². The van der Waals surface area contributed by atoms with Gasteiger partial charge in [0.1, 0.15) is 12.4 Å². The summed E-state index contributed by atoms with van der Waals surface area (Å²) in [5.41, 5.74) is 2.19. The number of aromatic nitrogens is 2. The lowest BCUT2D eigenvalue weighted by Crippen LogP contribution is -2.18. The van der Waals surface area contributed by atoms with Crippen LogP contribution in [0.15, 0.2) is 40.9 Å². The number of aryl methyl sites for hydroxylation is 1. The largest absolute Gasteiger partial charge is 0.489 e. The van der Waals surface area contributed by atoms with Crippen molar-refractivity contribution in [3.05, 3.63) is 53.7 Å². The van der Waals surface area contributed by atoms with Crippen molar-refractivity contribution < 1.29 is 9.26 Å². The van der Waals surface area contributed by atoms with Crippen LogP contribution in [0.3, 0.4) is 0 Å². The Morgan fingerprint density at radius 1 is 1.36 bits per heavy atom. The van der Waals surface area contributed by atoms with E-state index in [-0.39, 0.29) is 0 Å². The topological polar surface area (TPSA) is 51.4 Å². The molecule has 118 valence electrons. The molecule has 0 fully saturated rings. The summed E-state index contributed by atoms with van der Waals surface area (Å²) < 4.78 is 10.8. The van der Waals surface area contributed by atoms with E-state index in [9.17, 15) is 0 Å². The first-order valence-electron chi connectivity index (χ1n) is 7.43. The van der Waals surface area contributed by atoms with Gasteiger partial charge < -0.3 is 9.26 Å². The number of benzene rings is 1. The third-order valence-electron chi connectivity index (χ3n) is 3.06. The third-order valence-corrected chi connectivity index (χ3v) is 3.06. The zero-order valence-corrected chi connectivity index (χ0v) is 13.5. The predicted octanol–water partition coefficient (Wildman–Crippen LogP) is 3.22. The van der Waals surface area contributed by atoms with E-state index < -0.39 is 0 Å². The molecule has 0 bridgehead atoms. The molecule has 0 spiro atoms. The second-order valence-corrected chi connectivity index (χ2v) is 5.52. The molecule has 2 rings (SSSR count). The molecule has 0 N–H and O–H groups in total. The Hall–Kier alpha value is -2.14. The Morgan fingerprint density at radius 2 is 2.18 bits per heavy atom. The average molecular weight is 301 g/mol. The second kappa shape index (κ2) is 7.75. The maximum Gasteiger partial charge on any atom is 0.226 e. The molecule has 0 aliphatic heterocycles. The van der Waals surface area contributed by atoms with Gasteiger partial charge in [-0.3, -0.25) is 4.90 Å². The summed E-state index contributed by atoms with van der Waals surface area (Å²) in [4.78, 5) is 6.46. The van der Waals surface area contributed by atoms with Gasteiger partial charge in [0.25, 0.3) is 0 Å². The first-order valence-corrected chi connectivity index (χ1v) is 7.43. The Morgan fingerprint density at radius 3 is 2.86 bits per heavy atom. The maximum absolute atomic E-state index is 5.67. The predicted molar refractivity (Wildman–Crippen MR) is 85.6 cm³/mol. The van der Waals surface area contributed by atoms with E-state index in [2.05, 4.69) is 27.7 Å². The highest BCUT2D eigenvalue weighted by molar-refractivity contribution is 5.28. The van der Waals surface area contributed by atoms with Gasteiger partial charge in [-0.1, -0.05) is 30.8 Å². The molecule has 0 unspecified atom stereocenters. The fourth-order valence-electron chi connectivity index (χ4n) is 2.05. The van der Waals surface area contributed by atoms with Gasteiger partial charge in [0.15, 0.2) is 5.82 Å². The van der Waals surface area contributed by atoms with Gasteiger partial charge in [-0.25, -0.2) is 0 Å². The standard InChI is InChI=1S/C17H23N3O2/c1-5-17-18-16(19-22-17)11-20(4)10-14-7-6-8-15(9-14)21-12-13(2)3/h6-9H,2,5,10-12H2,1,3-4H3. The smallest absolute Gasteiger partial charge is 0.226 e. The zero-order valence-electron chi connectivity index (χ0n) is 13.5. The van der Waals surface area contributed by atoms with Gasteiger partial charge in [0.2, 0.25) is 5.89 Å². The molecular weight excluding hydrogens is 278 g/mol. The fraction of sp³-hybridized carbons (Fsp3) is 0.412. The highest BCUT2D eigenvalue weighted by Gasteiger charge is 2.08. The third kappa shape index (κ3) is 5.00. The molecule has 1 aromatic carbocycles. The van der Waals surface area contributed by atoms with E-state index in [4.69, 9.17) is 9.26 Å². The summed E-state index contributed by atoms with van der Waals surface area (Å²) in [5.74, 6) is 2.26. The van der Waals surface area contributed by atoms with Crippen molar-refractivity contribution in [3.8, 4) is 5.75 Å². The summed E-state index contributed by atoms with van der Waals surface area (Å²) in [6.45, 7) is 9.78. The maximum atomic E-state index is 5.67. The number of hydrogen-bond donors (Lipinski definition) is 0. The Balaban J connectivity index is 1.91. The highest BCUT2D eigenvalue weighted by Crippen LogP contribution is 2.16. The molecule has 2 aromatic rings. The lowest BCUT2D eigenvalue weighted by molar-refractivity contribution is 0.298. The molecule has 0 saturated heterocycles. The number of ether oxygens (including phenoxy) is 1. The molecule has 1 aromatic heterocycles. The molecular formula is C17H23N3O2. The second-order valence-electron chi connectivity index (χ2n) is 5.52. The van der Waals surface area contributed by atoms with E-state index in [0.29, 0.717) is 24.9 Å². The van der Waals surface area contributed by atoms with E-state index in [1.54, 1.807) is 0 Å². The molecule has 0 atom stereocenters. The number of nitrogens with zero attached hydrogens (tertiary/aromatic N) is 3. The van der Waals surface area contributed by atoms with Crippen LogP contribution in [-0.2, 0) is 19.5 Å². The van der Waals surface area contributed by atoms with Crippen LogP contribution in [0.2, 0.25) is 0 Å². The van der Waals surface area contributed by atoms with E-state index in [0.717, 1.165) is 24.3 Å². The van der Waals surface area contributed by atoms with Crippen LogP contribution >= 0.6 is 0 Å². The van der Waals surface area contributed by atoms with E-state index >= 15 is 0 Å². The Bertz CT molecular complexity index is 622. The minimum Gasteiger partial charge on any atom is -0.489 e. The van der Waals surface area contributed by atoms with Crippen molar-refractivity contribution in [2.75, 3.05) is 13.7 Å². The van der Waals surface area contributed by atoms with Gasteiger partial charge in [-0.15, -0.1) is 0 Å². The van der Waals surface area contributed by atoms with Gasteiger partial charge in [-0.2, -0.15) is 4.98 Å². The van der Waals surface area contributed by atoms with Gasteiger partial charge in [0.05, 0.1) is 6.54 Å². The summed E-state index contributed by atoms with van der Waals surface area (Å²) in [5, 5.41) is 3.97. The Labute approximate surface area is 131 Å².